The molecule has 1 amide bonds. The van der Waals surface area contributed by atoms with Gasteiger partial charge in [-0.1, -0.05) is 23.9 Å². The van der Waals surface area contributed by atoms with Crippen LogP contribution in [0.5, 0.6) is 5.75 Å². The van der Waals surface area contributed by atoms with Crippen LogP contribution in [0.25, 0.3) is 0 Å². The van der Waals surface area contributed by atoms with Gasteiger partial charge in [-0.15, -0.1) is 0 Å². The number of aromatic nitrogens is 2. The number of amides is 1. The number of nitrogens with zero attached hydrogens (tertiary/aromatic N) is 4. The summed E-state index contributed by atoms with van der Waals surface area (Å²) in [7, 11) is 1.62. The average Bonchev–Trinajstić information content (AvgIpc) is 2.85. The molecule has 1 saturated heterocycles. The van der Waals surface area contributed by atoms with Gasteiger partial charge in [-0.25, -0.2) is 9.97 Å². The number of methoxy groups -OCH3 is 1. The van der Waals surface area contributed by atoms with E-state index >= 15 is 0 Å². The molecule has 4 rings (SSSR count). The Hall–Kier alpha value is -3.26. The standard InChI is InChI=1S/C25H29N5O2S/c1-18-5-4-6-22(19(18)2)29-13-15-30(16-14-29)24-25(27-12-11-26-24)33-17-23(31)28-20-7-9-21(32-3)10-8-20/h4-12H,13-17H2,1-3H3,(H,28,31). The second kappa shape index (κ2) is 10.6. The molecule has 7 nitrogen and oxygen atoms in total. The molecule has 0 bridgehead atoms. The maximum Gasteiger partial charge on any atom is 0.234 e. The molecule has 1 aliphatic rings. The van der Waals surface area contributed by atoms with Crippen molar-refractivity contribution in [2.75, 3.05) is 54.2 Å². The number of benzene rings is 2. The van der Waals surface area contributed by atoms with E-state index in [4.69, 9.17) is 4.74 Å². The van der Waals surface area contributed by atoms with Crippen molar-refractivity contribution in [3.8, 4) is 5.75 Å². The van der Waals surface area contributed by atoms with Crippen LogP contribution in [0.1, 0.15) is 11.1 Å². The zero-order valence-electron chi connectivity index (χ0n) is 19.2. The molecule has 2 heterocycles. The van der Waals surface area contributed by atoms with Gasteiger partial charge >= 0.3 is 0 Å². The van der Waals surface area contributed by atoms with Crippen molar-refractivity contribution in [1.82, 2.24) is 9.97 Å². The Morgan fingerprint density at radius 2 is 1.70 bits per heavy atom. The number of rotatable bonds is 7. The van der Waals surface area contributed by atoms with Gasteiger partial charge in [0.1, 0.15) is 10.8 Å². The summed E-state index contributed by atoms with van der Waals surface area (Å²) in [5, 5.41) is 3.69. The molecule has 0 unspecified atom stereocenters. The molecule has 172 valence electrons. The zero-order chi connectivity index (χ0) is 23.2. The highest BCUT2D eigenvalue weighted by Crippen LogP contribution is 2.29. The van der Waals surface area contributed by atoms with Gasteiger partial charge in [-0.05, 0) is 55.3 Å². The molecular formula is C25H29N5O2S. The molecule has 3 aromatic rings. The molecule has 0 atom stereocenters. The Balaban J connectivity index is 1.35. The van der Waals surface area contributed by atoms with Crippen molar-refractivity contribution in [3.63, 3.8) is 0 Å². The number of anilines is 3. The van der Waals surface area contributed by atoms with Crippen LogP contribution in [0, 0.1) is 13.8 Å². The Kier molecular flexibility index (Phi) is 7.34. The van der Waals surface area contributed by atoms with Gasteiger partial charge in [0.2, 0.25) is 5.91 Å². The van der Waals surface area contributed by atoms with E-state index in [1.165, 1.54) is 28.6 Å². The number of carbonyl (C=O) groups excluding carboxylic acids is 1. The first-order valence-corrected chi connectivity index (χ1v) is 12.0. The molecule has 0 radical (unpaired) electrons. The van der Waals surface area contributed by atoms with E-state index in [0.29, 0.717) is 0 Å². The number of nitrogens with one attached hydrogen (secondary N) is 1. The highest BCUT2D eigenvalue weighted by atomic mass is 32.2. The predicted octanol–water partition coefficient (Wildman–Crippen LogP) is 4.16. The van der Waals surface area contributed by atoms with Crippen LogP contribution < -0.4 is 19.9 Å². The molecule has 0 aliphatic carbocycles. The van der Waals surface area contributed by atoms with Gasteiger partial charge < -0.3 is 19.9 Å². The van der Waals surface area contributed by atoms with E-state index in [-0.39, 0.29) is 11.7 Å². The summed E-state index contributed by atoms with van der Waals surface area (Å²) in [6.07, 6.45) is 3.40. The lowest BCUT2D eigenvalue weighted by molar-refractivity contribution is -0.113. The maximum absolute atomic E-state index is 12.5. The molecular weight excluding hydrogens is 434 g/mol. The van der Waals surface area contributed by atoms with Crippen LogP contribution in [0.4, 0.5) is 17.2 Å². The van der Waals surface area contributed by atoms with Crippen molar-refractivity contribution < 1.29 is 9.53 Å². The van der Waals surface area contributed by atoms with Crippen molar-refractivity contribution >= 4 is 34.9 Å². The number of carbonyl (C=O) groups is 1. The minimum absolute atomic E-state index is 0.0819. The van der Waals surface area contributed by atoms with Crippen molar-refractivity contribution in [2.24, 2.45) is 0 Å². The third kappa shape index (κ3) is 5.57. The minimum Gasteiger partial charge on any atom is -0.497 e. The SMILES string of the molecule is COc1ccc(NC(=O)CSc2nccnc2N2CCN(c3cccc(C)c3C)CC2)cc1. The summed E-state index contributed by atoms with van der Waals surface area (Å²) in [4.78, 5) is 26.3. The van der Waals surface area contributed by atoms with E-state index < -0.39 is 0 Å². The molecule has 2 aromatic carbocycles. The van der Waals surface area contributed by atoms with Crippen LogP contribution >= 0.6 is 11.8 Å². The van der Waals surface area contributed by atoms with Crippen molar-refractivity contribution in [1.29, 1.82) is 0 Å². The number of hydrogen-bond donors (Lipinski definition) is 1. The van der Waals surface area contributed by atoms with Crippen molar-refractivity contribution in [2.45, 2.75) is 18.9 Å². The second-order valence-corrected chi connectivity index (χ2v) is 8.91. The molecule has 0 spiro atoms. The smallest absolute Gasteiger partial charge is 0.234 e. The van der Waals surface area contributed by atoms with Crippen LogP contribution in [0.15, 0.2) is 59.9 Å². The van der Waals surface area contributed by atoms with Gasteiger partial charge in [0.15, 0.2) is 5.82 Å². The third-order valence-electron chi connectivity index (χ3n) is 5.86. The molecule has 8 heteroatoms. The number of thioether (sulfide) groups is 1. The summed E-state index contributed by atoms with van der Waals surface area (Å²) in [6, 6.07) is 13.8. The summed E-state index contributed by atoms with van der Waals surface area (Å²) >= 11 is 1.41. The fraction of sp³-hybridized carbons (Fsp3) is 0.320. The van der Waals surface area contributed by atoms with Gasteiger partial charge in [-0.2, -0.15) is 0 Å². The normalized spacial score (nSPS) is 13.7. The summed E-state index contributed by atoms with van der Waals surface area (Å²) in [6.45, 7) is 7.90. The molecule has 1 aromatic heterocycles. The quantitative estimate of drug-likeness (QED) is 0.528. The van der Waals surface area contributed by atoms with E-state index in [1.54, 1.807) is 19.5 Å². The van der Waals surface area contributed by atoms with Gasteiger partial charge in [-0.3, -0.25) is 4.79 Å². The fourth-order valence-electron chi connectivity index (χ4n) is 3.88. The lowest BCUT2D eigenvalue weighted by atomic mass is 10.1. The van der Waals surface area contributed by atoms with Crippen LogP contribution in [-0.4, -0.2) is 54.9 Å². The number of hydrogen-bond acceptors (Lipinski definition) is 7. The molecule has 33 heavy (non-hydrogen) atoms. The van der Waals surface area contributed by atoms with Gasteiger partial charge in [0, 0.05) is 49.9 Å². The Morgan fingerprint density at radius 3 is 2.42 bits per heavy atom. The summed E-state index contributed by atoms with van der Waals surface area (Å²) in [5.41, 5.74) is 4.70. The Labute approximate surface area is 199 Å². The van der Waals surface area contributed by atoms with E-state index in [2.05, 4.69) is 57.1 Å². The van der Waals surface area contributed by atoms with Gasteiger partial charge in [0.25, 0.3) is 0 Å². The highest BCUT2D eigenvalue weighted by Gasteiger charge is 2.22. The summed E-state index contributed by atoms with van der Waals surface area (Å²) < 4.78 is 5.15. The topological polar surface area (TPSA) is 70.6 Å². The highest BCUT2D eigenvalue weighted by molar-refractivity contribution is 8.00. The number of piperazine rings is 1. The molecule has 0 saturated carbocycles. The van der Waals surface area contributed by atoms with E-state index in [0.717, 1.165) is 48.5 Å². The zero-order valence-corrected chi connectivity index (χ0v) is 20.1. The lowest BCUT2D eigenvalue weighted by Gasteiger charge is -2.37. The van der Waals surface area contributed by atoms with Gasteiger partial charge in [0.05, 0.1) is 12.9 Å². The van der Waals surface area contributed by atoms with Crippen LogP contribution in [0.2, 0.25) is 0 Å². The minimum atomic E-state index is -0.0819. The first-order chi connectivity index (χ1) is 16.0. The first kappa shape index (κ1) is 22.9. The molecule has 1 fully saturated rings. The number of ether oxygens (including phenoxy) is 1. The molecule has 1 aliphatic heterocycles. The van der Waals surface area contributed by atoms with Crippen LogP contribution in [0.3, 0.4) is 0 Å². The molecule has 1 N–H and O–H groups in total. The number of aryl methyl sites for hydroxylation is 1. The first-order valence-electron chi connectivity index (χ1n) is 11.0. The lowest BCUT2D eigenvalue weighted by Crippen LogP contribution is -2.47. The monoisotopic (exact) mass is 463 g/mol. The Bertz CT molecular complexity index is 1100. The van der Waals surface area contributed by atoms with Crippen LogP contribution in [-0.2, 0) is 4.79 Å². The van der Waals surface area contributed by atoms with E-state index in [9.17, 15) is 4.79 Å². The largest absolute Gasteiger partial charge is 0.497 e. The second-order valence-electron chi connectivity index (χ2n) is 7.94. The Morgan fingerprint density at radius 1 is 1.00 bits per heavy atom. The van der Waals surface area contributed by atoms with Crippen molar-refractivity contribution in [3.05, 3.63) is 66.0 Å². The van der Waals surface area contributed by atoms with E-state index in [1.807, 2.05) is 24.3 Å². The third-order valence-corrected chi connectivity index (χ3v) is 6.82. The summed E-state index contributed by atoms with van der Waals surface area (Å²) in [5.74, 6) is 1.78. The average molecular weight is 464 g/mol. The predicted molar refractivity (Wildman–Crippen MR) is 135 cm³/mol. The fourth-order valence-corrected chi connectivity index (χ4v) is 4.67. The maximum atomic E-state index is 12.5.